The second-order valence-electron chi connectivity index (χ2n) is 5.85. The molecule has 3 rings (SSSR count). The topological polar surface area (TPSA) is 91.0 Å². The fourth-order valence-corrected chi connectivity index (χ4v) is 3.03. The molecule has 1 aliphatic heterocycles. The van der Waals surface area contributed by atoms with Gasteiger partial charge in [0.1, 0.15) is 17.6 Å². The molecule has 2 aromatic rings. The number of nitrogens with one attached hydrogen (secondary N) is 1. The zero-order valence-corrected chi connectivity index (χ0v) is 13.2. The number of rotatable bonds is 3. The smallest absolute Gasteiger partial charge is 0.404 e. The standard InChI is InChI=1S/C16H16F3N5O/c17-16(18,19)25-14-2-1-12(7-11(14)9-20)24-5-3-10(4-6-24)13-8-15(21)23-22-13/h1-2,7-8,10H,3-6H2,(H3,21,22,23). The minimum Gasteiger partial charge on any atom is -0.404 e. The monoisotopic (exact) mass is 351 g/mol. The summed E-state index contributed by atoms with van der Waals surface area (Å²) in [4.78, 5) is 2.04. The number of anilines is 2. The average molecular weight is 351 g/mol. The molecule has 0 amide bonds. The average Bonchev–Trinajstić information content (AvgIpc) is 3.00. The Labute approximate surface area is 142 Å². The number of benzene rings is 1. The fraction of sp³-hybridized carbons (Fsp3) is 0.375. The van der Waals surface area contributed by atoms with E-state index in [0.29, 0.717) is 30.5 Å². The molecule has 6 nitrogen and oxygen atoms in total. The van der Waals surface area contributed by atoms with Gasteiger partial charge in [0.05, 0.1) is 5.56 Å². The maximum absolute atomic E-state index is 12.4. The molecule has 132 valence electrons. The predicted molar refractivity (Wildman–Crippen MR) is 85.0 cm³/mol. The van der Waals surface area contributed by atoms with E-state index in [4.69, 9.17) is 11.0 Å². The van der Waals surface area contributed by atoms with Crippen molar-refractivity contribution in [3.05, 3.63) is 35.5 Å². The van der Waals surface area contributed by atoms with E-state index in [9.17, 15) is 13.2 Å². The van der Waals surface area contributed by atoms with E-state index in [-0.39, 0.29) is 5.56 Å². The molecule has 1 aromatic carbocycles. The summed E-state index contributed by atoms with van der Waals surface area (Å²) in [6.07, 6.45) is -3.12. The van der Waals surface area contributed by atoms with Crippen molar-refractivity contribution < 1.29 is 17.9 Å². The molecule has 0 spiro atoms. The van der Waals surface area contributed by atoms with Crippen LogP contribution in [0.25, 0.3) is 0 Å². The Hall–Kier alpha value is -2.89. The largest absolute Gasteiger partial charge is 0.573 e. The first-order valence-electron chi connectivity index (χ1n) is 7.71. The van der Waals surface area contributed by atoms with Crippen molar-refractivity contribution in [2.24, 2.45) is 0 Å². The number of alkyl halides is 3. The van der Waals surface area contributed by atoms with Gasteiger partial charge < -0.3 is 15.4 Å². The molecule has 0 aliphatic carbocycles. The number of nitrogens with zero attached hydrogens (tertiary/aromatic N) is 3. The number of aromatic nitrogens is 2. The zero-order chi connectivity index (χ0) is 18.0. The first kappa shape index (κ1) is 17.0. The SMILES string of the molecule is N#Cc1cc(N2CCC(c3cc(N)n[nH]3)CC2)ccc1OC(F)(F)F. The van der Waals surface area contributed by atoms with Gasteiger partial charge in [-0.1, -0.05) is 0 Å². The third-order valence-electron chi connectivity index (χ3n) is 4.23. The van der Waals surface area contributed by atoms with Crippen LogP contribution in [-0.2, 0) is 0 Å². The number of ether oxygens (including phenoxy) is 1. The maximum atomic E-state index is 12.4. The maximum Gasteiger partial charge on any atom is 0.573 e. The minimum atomic E-state index is -4.82. The van der Waals surface area contributed by atoms with Crippen LogP contribution in [0.4, 0.5) is 24.7 Å². The Balaban J connectivity index is 1.70. The molecule has 1 fully saturated rings. The number of hydrogen-bond donors (Lipinski definition) is 2. The number of hydrogen-bond acceptors (Lipinski definition) is 5. The number of aromatic amines is 1. The summed E-state index contributed by atoms with van der Waals surface area (Å²) >= 11 is 0. The van der Waals surface area contributed by atoms with Crippen molar-refractivity contribution in [3.8, 4) is 11.8 Å². The van der Waals surface area contributed by atoms with Gasteiger partial charge in [0, 0.05) is 36.5 Å². The second-order valence-corrected chi connectivity index (χ2v) is 5.85. The third-order valence-corrected chi connectivity index (χ3v) is 4.23. The zero-order valence-electron chi connectivity index (χ0n) is 13.2. The molecule has 1 aliphatic rings. The molecule has 0 saturated carbocycles. The van der Waals surface area contributed by atoms with Gasteiger partial charge in [-0.05, 0) is 31.0 Å². The first-order chi connectivity index (χ1) is 11.9. The van der Waals surface area contributed by atoms with Crippen LogP contribution in [-0.4, -0.2) is 29.6 Å². The van der Waals surface area contributed by atoms with E-state index >= 15 is 0 Å². The van der Waals surface area contributed by atoms with E-state index in [0.717, 1.165) is 18.5 Å². The highest BCUT2D eigenvalue weighted by molar-refractivity contribution is 5.57. The van der Waals surface area contributed by atoms with E-state index in [2.05, 4.69) is 14.9 Å². The lowest BCUT2D eigenvalue weighted by Crippen LogP contribution is -2.33. The lowest BCUT2D eigenvalue weighted by molar-refractivity contribution is -0.274. The minimum absolute atomic E-state index is 0.140. The molecule has 9 heteroatoms. The summed E-state index contributed by atoms with van der Waals surface area (Å²) < 4.78 is 41.0. The summed E-state index contributed by atoms with van der Waals surface area (Å²) in [5.74, 6) is 0.280. The van der Waals surface area contributed by atoms with Gasteiger partial charge in [0.15, 0.2) is 0 Å². The molecule has 1 saturated heterocycles. The van der Waals surface area contributed by atoms with Gasteiger partial charge in [0.25, 0.3) is 0 Å². The van der Waals surface area contributed by atoms with Crippen LogP contribution >= 0.6 is 0 Å². The van der Waals surface area contributed by atoms with Crippen LogP contribution < -0.4 is 15.4 Å². The van der Waals surface area contributed by atoms with E-state index in [1.807, 2.05) is 11.0 Å². The molecule has 0 unspecified atom stereocenters. The van der Waals surface area contributed by atoms with Crippen LogP contribution in [0.3, 0.4) is 0 Å². The fourth-order valence-electron chi connectivity index (χ4n) is 3.03. The molecule has 2 heterocycles. The molecule has 0 radical (unpaired) electrons. The van der Waals surface area contributed by atoms with Crippen molar-refractivity contribution in [3.63, 3.8) is 0 Å². The van der Waals surface area contributed by atoms with E-state index in [1.165, 1.54) is 18.2 Å². The van der Waals surface area contributed by atoms with Gasteiger partial charge in [-0.15, -0.1) is 13.2 Å². The summed E-state index contributed by atoms with van der Waals surface area (Å²) in [5, 5.41) is 15.9. The number of nitrogen functional groups attached to an aromatic ring is 1. The molecule has 0 bridgehead atoms. The van der Waals surface area contributed by atoms with Crippen molar-refractivity contribution >= 4 is 11.5 Å². The van der Waals surface area contributed by atoms with Crippen LogP contribution in [0.2, 0.25) is 0 Å². The number of nitrogens with two attached hydrogens (primary N) is 1. The highest BCUT2D eigenvalue weighted by atomic mass is 19.4. The third kappa shape index (κ3) is 3.96. The Morgan fingerprint density at radius 1 is 1.28 bits per heavy atom. The van der Waals surface area contributed by atoms with Gasteiger partial charge in [-0.3, -0.25) is 5.10 Å². The normalized spacial score (nSPS) is 15.8. The Morgan fingerprint density at radius 2 is 2.00 bits per heavy atom. The molecule has 3 N–H and O–H groups in total. The lowest BCUT2D eigenvalue weighted by Gasteiger charge is -2.33. The summed E-state index contributed by atoms with van der Waals surface area (Å²) in [7, 11) is 0. The van der Waals surface area contributed by atoms with Crippen molar-refractivity contribution in [1.29, 1.82) is 5.26 Å². The predicted octanol–water partition coefficient (Wildman–Crippen LogP) is 3.15. The van der Waals surface area contributed by atoms with Crippen molar-refractivity contribution in [1.82, 2.24) is 10.2 Å². The van der Waals surface area contributed by atoms with Gasteiger partial charge in [-0.25, -0.2) is 0 Å². The first-order valence-corrected chi connectivity index (χ1v) is 7.71. The van der Waals surface area contributed by atoms with Gasteiger partial charge in [-0.2, -0.15) is 10.4 Å². The van der Waals surface area contributed by atoms with Crippen LogP contribution in [0.1, 0.15) is 30.0 Å². The van der Waals surface area contributed by atoms with Crippen molar-refractivity contribution in [2.45, 2.75) is 25.1 Å². The summed E-state index contributed by atoms with van der Waals surface area (Å²) in [6.45, 7) is 1.43. The van der Waals surface area contributed by atoms with E-state index < -0.39 is 12.1 Å². The van der Waals surface area contributed by atoms with Gasteiger partial charge in [0.2, 0.25) is 0 Å². The number of piperidine rings is 1. The molecular weight excluding hydrogens is 335 g/mol. The van der Waals surface area contributed by atoms with E-state index in [1.54, 1.807) is 6.07 Å². The Bertz CT molecular complexity index is 788. The molecular formula is C16H16F3N5O. The lowest BCUT2D eigenvalue weighted by atomic mass is 9.93. The molecule has 1 aromatic heterocycles. The van der Waals surface area contributed by atoms with Crippen LogP contribution in [0.15, 0.2) is 24.3 Å². The van der Waals surface area contributed by atoms with Gasteiger partial charge >= 0.3 is 6.36 Å². The molecule has 0 atom stereocenters. The highest BCUT2D eigenvalue weighted by Crippen LogP contribution is 2.33. The number of nitriles is 1. The Kier molecular flexibility index (Phi) is 4.44. The van der Waals surface area contributed by atoms with Crippen molar-refractivity contribution in [2.75, 3.05) is 23.7 Å². The van der Waals surface area contributed by atoms with Crippen LogP contribution in [0, 0.1) is 11.3 Å². The summed E-state index contributed by atoms with van der Waals surface area (Å²) in [5.41, 5.74) is 7.17. The Morgan fingerprint density at radius 3 is 2.56 bits per heavy atom. The second kappa shape index (κ2) is 6.55. The molecule has 25 heavy (non-hydrogen) atoms. The highest BCUT2D eigenvalue weighted by Gasteiger charge is 2.32. The summed E-state index contributed by atoms with van der Waals surface area (Å²) in [6, 6.07) is 7.72. The number of halogens is 3. The van der Waals surface area contributed by atoms with Crippen LogP contribution in [0.5, 0.6) is 5.75 Å². The number of H-pyrrole nitrogens is 1. The quantitative estimate of drug-likeness (QED) is 0.886.